The minimum absolute atomic E-state index is 0.0606. The molecule has 0 unspecified atom stereocenters. The van der Waals surface area contributed by atoms with Gasteiger partial charge in [-0.25, -0.2) is 8.42 Å². The van der Waals surface area contributed by atoms with Gasteiger partial charge in [0, 0.05) is 35.2 Å². The molecule has 1 N–H and O–H groups in total. The summed E-state index contributed by atoms with van der Waals surface area (Å²) in [6.45, 7) is 0.980. The molecule has 1 aliphatic heterocycles. The average molecular weight is 471 g/mol. The lowest BCUT2D eigenvalue weighted by Crippen LogP contribution is -2.35. The zero-order valence-electron chi connectivity index (χ0n) is 16.7. The molecule has 2 aromatic rings. The molecule has 9 heteroatoms. The van der Waals surface area contributed by atoms with Crippen molar-refractivity contribution in [2.45, 2.75) is 37.0 Å². The van der Waals surface area contributed by atoms with E-state index in [4.69, 9.17) is 27.9 Å². The lowest BCUT2D eigenvalue weighted by Gasteiger charge is -2.26. The number of hydrogen-bond acceptors (Lipinski definition) is 4. The fourth-order valence-electron chi connectivity index (χ4n) is 3.40. The van der Waals surface area contributed by atoms with Crippen LogP contribution in [-0.2, 0) is 21.2 Å². The molecule has 0 aromatic heterocycles. The van der Waals surface area contributed by atoms with E-state index in [-0.39, 0.29) is 23.0 Å². The number of nitrogens with one attached hydrogen (secondary N) is 1. The number of piperidine rings is 1. The number of halogens is 2. The van der Waals surface area contributed by atoms with Crippen LogP contribution in [-0.4, -0.2) is 38.8 Å². The van der Waals surface area contributed by atoms with Gasteiger partial charge in [-0.05, 0) is 55.2 Å². The summed E-state index contributed by atoms with van der Waals surface area (Å²) < 4.78 is 32.9. The number of aryl methyl sites for hydroxylation is 1. The van der Waals surface area contributed by atoms with Crippen molar-refractivity contribution in [2.75, 3.05) is 25.5 Å². The molecule has 0 atom stereocenters. The van der Waals surface area contributed by atoms with Crippen molar-refractivity contribution in [1.82, 2.24) is 4.31 Å². The highest BCUT2D eigenvalue weighted by molar-refractivity contribution is 7.89. The maximum absolute atomic E-state index is 13.1. The van der Waals surface area contributed by atoms with E-state index in [0.29, 0.717) is 35.2 Å². The minimum Gasteiger partial charge on any atom is -0.495 e. The number of anilines is 1. The van der Waals surface area contributed by atoms with Crippen LogP contribution in [0.25, 0.3) is 0 Å². The number of hydrogen-bond donors (Lipinski definition) is 1. The number of amides is 1. The van der Waals surface area contributed by atoms with Gasteiger partial charge in [0.25, 0.3) is 0 Å². The number of methoxy groups -OCH3 is 1. The van der Waals surface area contributed by atoms with E-state index >= 15 is 0 Å². The second-order valence-electron chi connectivity index (χ2n) is 7.11. The van der Waals surface area contributed by atoms with Gasteiger partial charge in [0.15, 0.2) is 0 Å². The van der Waals surface area contributed by atoms with Crippen molar-refractivity contribution < 1.29 is 17.9 Å². The first kappa shape index (κ1) is 22.9. The van der Waals surface area contributed by atoms with E-state index in [9.17, 15) is 13.2 Å². The average Bonchev–Trinajstić information content (AvgIpc) is 2.73. The van der Waals surface area contributed by atoms with Gasteiger partial charge in [-0.1, -0.05) is 35.7 Å². The normalized spacial score (nSPS) is 15.0. The molecule has 1 amide bonds. The Morgan fingerprint density at radius 2 is 1.83 bits per heavy atom. The summed E-state index contributed by atoms with van der Waals surface area (Å²) in [5.74, 6) is 0.0130. The third kappa shape index (κ3) is 5.46. The van der Waals surface area contributed by atoms with Gasteiger partial charge in [0.1, 0.15) is 10.6 Å². The quantitative estimate of drug-likeness (QED) is 0.633. The minimum atomic E-state index is -3.70. The molecule has 0 spiro atoms. The summed E-state index contributed by atoms with van der Waals surface area (Å²) in [5.41, 5.74) is 1.22. The largest absolute Gasteiger partial charge is 0.495 e. The van der Waals surface area contributed by atoms with Gasteiger partial charge in [-0.2, -0.15) is 4.31 Å². The molecular weight excluding hydrogens is 447 g/mol. The van der Waals surface area contributed by atoms with Crippen molar-refractivity contribution in [2.24, 2.45) is 0 Å². The van der Waals surface area contributed by atoms with Gasteiger partial charge in [0.2, 0.25) is 15.9 Å². The molecule has 6 nitrogen and oxygen atoms in total. The second-order valence-corrected chi connectivity index (χ2v) is 9.86. The Hall–Kier alpha value is -1.80. The molecule has 1 fully saturated rings. The van der Waals surface area contributed by atoms with Crippen molar-refractivity contribution in [1.29, 1.82) is 0 Å². The molecule has 0 aliphatic carbocycles. The zero-order valence-corrected chi connectivity index (χ0v) is 19.0. The Morgan fingerprint density at radius 1 is 1.10 bits per heavy atom. The van der Waals surface area contributed by atoms with Crippen LogP contribution in [0.15, 0.2) is 41.3 Å². The lowest BCUT2D eigenvalue weighted by atomic mass is 10.1. The van der Waals surface area contributed by atoms with E-state index in [1.165, 1.54) is 17.5 Å². The summed E-state index contributed by atoms with van der Waals surface area (Å²) in [6.07, 6.45) is 3.34. The summed E-state index contributed by atoms with van der Waals surface area (Å²) in [5, 5.41) is 3.81. The summed E-state index contributed by atoms with van der Waals surface area (Å²) in [4.78, 5) is 12.5. The SMILES string of the molecule is COc1ccc(NC(=O)CCc2ccc(Cl)cc2Cl)cc1S(=O)(=O)N1CCCCC1. The molecule has 1 aliphatic rings. The first-order valence-electron chi connectivity index (χ1n) is 9.73. The van der Waals surface area contributed by atoms with Crippen LogP contribution in [0.1, 0.15) is 31.2 Å². The van der Waals surface area contributed by atoms with Crippen LogP contribution in [0.4, 0.5) is 5.69 Å². The lowest BCUT2D eigenvalue weighted by molar-refractivity contribution is -0.116. The number of sulfonamides is 1. The number of nitrogens with zero attached hydrogens (tertiary/aromatic N) is 1. The van der Waals surface area contributed by atoms with E-state index in [0.717, 1.165) is 24.8 Å². The number of benzene rings is 2. The first-order chi connectivity index (χ1) is 14.3. The maximum atomic E-state index is 13.1. The molecule has 0 saturated carbocycles. The van der Waals surface area contributed by atoms with Crippen molar-refractivity contribution in [3.8, 4) is 5.75 Å². The van der Waals surface area contributed by atoms with Crippen molar-refractivity contribution in [3.63, 3.8) is 0 Å². The van der Waals surface area contributed by atoms with Gasteiger partial charge >= 0.3 is 0 Å². The molecule has 1 heterocycles. The predicted molar refractivity (Wildman–Crippen MR) is 119 cm³/mol. The fourth-order valence-corrected chi connectivity index (χ4v) is 5.60. The van der Waals surface area contributed by atoms with Crippen LogP contribution in [0.5, 0.6) is 5.75 Å². The van der Waals surface area contributed by atoms with Crippen LogP contribution in [0.2, 0.25) is 10.0 Å². The van der Waals surface area contributed by atoms with E-state index in [1.807, 2.05) is 0 Å². The van der Waals surface area contributed by atoms with E-state index in [2.05, 4.69) is 5.32 Å². The summed E-state index contributed by atoms with van der Waals surface area (Å²) >= 11 is 12.0. The standard InChI is InChI=1S/C21H24Cl2N2O4S/c1-29-19-9-8-17(14-20(19)30(27,28)25-11-3-2-4-12-25)24-21(26)10-6-15-5-7-16(22)13-18(15)23/h5,7-9,13-14H,2-4,6,10-12H2,1H3,(H,24,26). The highest BCUT2D eigenvalue weighted by Crippen LogP contribution is 2.31. The number of rotatable bonds is 7. The van der Waals surface area contributed by atoms with E-state index in [1.54, 1.807) is 30.3 Å². The van der Waals surface area contributed by atoms with Crippen LogP contribution in [0.3, 0.4) is 0 Å². The highest BCUT2D eigenvalue weighted by atomic mass is 35.5. The fraction of sp³-hybridized carbons (Fsp3) is 0.381. The highest BCUT2D eigenvalue weighted by Gasteiger charge is 2.29. The molecule has 162 valence electrons. The van der Waals surface area contributed by atoms with Crippen LogP contribution < -0.4 is 10.1 Å². The summed E-state index contributed by atoms with van der Waals surface area (Å²) in [7, 11) is -2.27. The third-order valence-electron chi connectivity index (χ3n) is 5.02. The molecule has 1 saturated heterocycles. The molecule has 0 radical (unpaired) electrons. The smallest absolute Gasteiger partial charge is 0.246 e. The Kier molecular flexibility index (Phi) is 7.63. The van der Waals surface area contributed by atoms with Crippen LogP contribution >= 0.6 is 23.2 Å². The monoisotopic (exact) mass is 470 g/mol. The molecule has 30 heavy (non-hydrogen) atoms. The Bertz CT molecular complexity index is 1020. The van der Waals surface area contributed by atoms with Gasteiger partial charge < -0.3 is 10.1 Å². The molecule has 2 aromatic carbocycles. The molecular formula is C21H24Cl2N2O4S. The molecule has 0 bridgehead atoms. The first-order valence-corrected chi connectivity index (χ1v) is 11.9. The van der Waals surface area contributed by atoms with Crippen molar-refractivity contribution >= 4 is 44.8 Å². The maximum Gasteiger partial charge on any atom is 0.246 e. The predicted octanol–water partition coefficient (Wildman–Crippen LogP) is 4.75. The van der Waals surface area contributed by atoms with Gasteiger partial charge in [0.05, 0.1) is 7.11 Å². The number of carbonyl (C=O) groups is 1. The van der Waals surface area contributed by atoms with Gasteiger partial charge in [-0.3, -0.25) is 4.79 Å². The van der Waals surface area contributed by atoms with Gasteiger partial charge in [-0.15, -0.1) is 0 Å². The topological polar surface area (TPSA) is 75.7 Å². The van der Waals surface area contributed by atoms with Crippen molar-refractivity contribution in [3.05, 3.63) is 52.0 Å². The third-order valence-corrected chi connectivity index (χ3v) is 7.52. The zero-order chi connectivity index (χ0) is 21.7. The Morgan fingerprint density at radius 3 is 2.50 bits per heavy atom. The number of carbonyl (C=O) groups excluding carboxylic acids is 1. The Labute approximate surface area is 187 Å². The van der Waals surface area contributed by atoms with Crippen LogP contribution in [0, 0.1) is 0 Å². The summed E-state index contributed by atoms with van der Waals surface area (Å²) in [6, 6.07) is 9.79. The number of ether oxygens (including phenoxy) is 1. The molecule has 3 rings (SSSR count). The van der Waals surface area contributed by atoms with E-state index < -0.39 is 10.0 Å². The Balaban J connectivity index is 1.73. The second kappa shape index (κ2) is 10.0.